The summed E-state index contributed by atoms with van der Waals surface area (Å²) in [5.41, 5.74) is 0. The summed E-state index contributed by atoms with van der Waals surface area (Å²) in [4.78, 5) is 3.43. The van der Waals surface area contributed by atoms with Gasteiger partial charge >= 0.3 is 6.36 Å². The van der Waals surface area contributed by atoms with Crippen LogP contribution in [0.25, 0.3) is 0 Å². The molecule has 0 bridgehead atoms. The molecule has 1 rings (SSSR count). The summed E-state index contributed by atoms with van der Waals surface area (Å²) in [5.74, 6) is -1.56. The van der Waals surface area contributed by atoms with Crippen LogP contribution in [0.3, 0.4) is 0 Å². The summed E-state index contributed by atoms with van der Waals surface area (Å²) < 4.78 is 39.1. The molecule has 0 aromatic carbocycles. The molecule has 1 heterocycles. The van der Waals surface area contributed by atoms with Crippen molar-refractivity contribution in [3.63, 3.8) is 0 Å². The molecule has 3 nitrogen and oxygen atoms in total. The lowest BCUT2D eigenvalue weighted by Crippen LogP contribution is -2.18. The van der Waals surface area contributed by atoms with Crippen LogP contribution >= 0.6 is 34.2 Å². The minimum absolute atomic E-state index is 0.0156. The van der Waals surface area contributed by atoms with E-state index in [9.17, 15) is 13.2 Å². The highest BCUT2D eigenvalue weighted by atomic mass is 127. The van der Waals surface area contributed by atoms with Gasteiger partial charge in [-0.3, -0.25) is 0 Å². The Balaban J connectivity index is 3.13. The van der Waals surface area contributed by atoms with E-state index in [4.69, 9.17) is 16.7 Å². The number of ether oxygens (including phenoxy) is 1. The number of aromatic hydroxyl groups is 1. The maximum Gasteiger partial charge on any atom is 0.573 e. The van der Waals surface area contributed by atoms with Crippen LogP contribution in [0, 0.1) is 3.57 Å². The average Bonchev–Trinajstić information content (AvgIpc) is 2.04. The number of hydrogen-bond acceptors (Lipinski definition) is 3. The molecule has 0 unspecified atom stereocenters. The number of pyridine rings is 1. The van der Waals surface area contributed by atoms with Gasteiger partial charge in [-0.15, -0.1) is 13.2 Å². The third-order valence-electron chi connectivity index (χ3n) is 1.14. The van der Waals surface area contributed by atoms with Crippen molar-refractivity contribution in [3.8, 4) is 11.5 Å². The summed E-state index contributed by atoms with van der Waals surface area (Å²) in [6.07, 6.45) is -3.81. The molecule has 0 saturated heterocycles. The van der Waals surface area contributed by atoms with Gasteiger partial charge in [0.2, 0.25) is 0 Å². The van der Waals surface area contributed by atoms with E-state index in [1.165, 1.54) is 22.6 Å². The second kappa shape index (κ2) is 3.97. The first-order chi connectivity index (χ1) is 6.31. The Kier molecular flexibility index (Phi) is 3.30. The normalized spacial score (nSPS) is 11.5. The Morgan fingerprint density at radius 1 is 1.50 bits per heavy atom. The molecule has 1 N–H and O–H groups in total. The zero-order valence-electron chi connectivity index (χ0n) is 6.27. The quantitative estimate of drug-likeness (QED) is 0.632. The van der Waals surface area contributed by atoms with Crippen LogP contribution in [-0.2, 0) is 0 Å². The largest absolute Gasteiger partial charge is 0.573 e. The Bertz CT molecular complexity index is 358. The molecule has 78 valence electrons. The van der Waals surface area contributed by atoms with E-state index in [-0.39, 0.29) is 3.57 Å². The highest BCUT2D eigenvalue weighted by Gasteiger charge is 2.34. The number of halogens is 5. The first-order valence-electron chi connectivity index (χ1n) is 3.10. The Labute approximate surface area is 95.0 Å². The maximum absolute atomic E-state index is 11.8. The van der Waals surface area contributed by atoms with E-state index < -0.39 is 23.0 Å². The van der Waals surface area contributed by atoms with Gasteiger partial charge in [-0.2, -0.15) is 0 Å². The molecule has 0 aliphatic heterocycles. The monoisotopic (exact) mass is 339 g/mol. The molecule has 0 aliphatic rings. The Morgan fingerprint density at radius 3 is 2.57 bits per heavy atom. The molecular weight excluding hydrogens is 337 g/mol. The molecule has 14 heavy (non-hydrogen) atoms. The minimum Gasteiger partial charge on any atom is -0.502 e. The second-order valence-corrected chi connectivity index (χ2v) is 3.64. The molecule has 0 saturated carbocycles. The smallest absolute Gasteiger partial charge is 0.502 e. The number of alkyl halides is 3. The summed E-state index contributed by atoms with van der Waals surface area (Å²) in [6.45, 7) is 0. The molecule has 8 heteroatoms. The average molecular weight is 339 g/mol. The van der Waals surface area contributed by atoms with E-state index in [0.717, 1.165) is 6.20 Å². The zero-order chi connectivity index (χ0) is 10.9. The summed E-state index contributed by atoms with van der Waals surface area (Å²) >= 11 is 6.84. The van der Waals surface area contributed by atoms with Crippen molar-refractivity contribution < 1.29 is 23.0 Å². The molecule has 0 amide bonds. The van der Waals surface area contributed by atoms with E-state index in [1.54, 1.807) is 0 Å². The summed E-state index contributed by atoms with van der Waals surface area (Å²) in [7, 11) is 0. The molecule has 0 spiro atoms. The first kappa shape index (κ1) is 11.6. The van der Waals surface area contributed by atoms with Crippen molar-refractivity contribution in [1.29, 1.82) is 0 Å². The highest BCUT2D eigenvalue weighted by molar-refractivity contribution is 14.1. The molecule has 0 atom stereocenters. The van der Waals surface area contributed by atoms with Crippen molar-refractivity contribution in [2.75, 3.05) is 0 Å². The standard InChI is InChI=1S/C6H2ClF3INO2/c7-5-3(13)4(2(11)1-12-5)14-6(8,9)10/h1,13H. The number of hydrogen-bond donors (Lipinski definition) is 1. The van der Waals surface area contributed by atoms with E-state index in [0.29, 0.717) is 0 Å². The lowest BCUT2D eigenvalue weighted by Gasteiger charge is -2.11. The number of rotatable bonds is 1. The van der Waals surface area contributed by atoms with Gasteiger partial charge in [0.25, 0.3) is 0 Å². The van der Waals surface area contributed by atoms with Gasteiger partial charge in [0.15, 0.2) is 16.7 Å². The van der Waals surface area contributed by atoms with Crippen molar-refractivity contribution in [3.05, 3.63) is 14.9 Å². The molecule has 1 aromatic rings. The molecule has 1 aromatic heterocycles. The SMILES string of the molecule is Oc1c(Cl)ncc(I)c1OC(F)(F)F. The van der Waals surface area contributed by atoms with Gasteiger partial charge in [0, 0.05) is 6.20 Å². The zero-order valence-corrected chi connectivity index (χ0v) is 9.18. The van der Waals surface area contributed by atoms with E-state index in [2.05, 4.69) is 9.72 Å². The first-order valence-corrected chi connectivity index (χ1v) is 4.55. The van der Waals surface area contributed by atoms with Crippen LogP contribution in [0.15, 0.2) is 6.20 Å². The van der Waals surface area contributed by atoms with Crippen LogP contribution < -0.4 is 4.74 Å². The fraction of sp³-hybridized carbons (Fsp3) is 0.167. The Morgan fingerprint density at radius 2 is 2.07 bits per heavy atom. The van der Waals surface area contributed by atoms with Gasteiger partial charge in [0.1, 0.15) is 0 Å². The summed E-state index contributed by atoms with van der Waals surface area (Å²) in [5, 5.41) is 8.68. The predicted molar refractivity (Wildman–Crippen MR) is 50.3 cm³/mol. The van der Waals surface area contributed by atoms with Gasteiger partial charge in [0.05, 0.1) is 3.57 Å². The van der Waals surface area contributed by atoms with E-state index >= 15 is 0 Å². The van der Waals surface area contributed by atoms with Gasteiger partial charge in [-0.05, 0) is 22.6 Å². The van der Waals surface area contributed by atoms with Crippen LogP contribution in [0.5, 0.6) is 11.5 Å². The maximum atomic E-state index is 11.8. The fourth-order valence-corrected chi connectivity index (χ4v) is 1.29. The van der Waals surface area contributed by atoms with Gasteiger partial charge in [-0.1, -0.05) is 11.6 Å². The molecule has 0 fully saturated rings. The minimum atomic E-state index is -4.87. The van der Waals surface area contributed by atoms with E-state index in [1.807, 2.05) is 0 Å². The second-order valence-electron chi connectivity index (χ2n) is 2.12. The predicted octanol–water partition coefficient (Wildman–Crippen LogP) is 2.94. The van der Waals surface area contributed by atoms with Crippen LogP contribution in [0.2, 0.25) is 5.15 Å². The third-order valence-corrected chi connectivity index (χ3v) is 2.18. The highest BCUT2D eigenvalue weighted by Crippen LogP contribution is 2.38. The fourth-order valence-electron chi connectivity index (χ4n) is 0.653. The van der Waals surface area contributed by atoms with Crippen molar-refractivity contribution in [2.45, 2.75) is 6.36 Å². The Hall–Kier alpha value is -0.440. The molecular formula is C6H2ClF3INO2. The third kappa shape index (κ3) is 2.77. The molecule has 0 radical (unpaired) electrons. The van der Waals surface area contributed by atoms with Gasteiger partial charge < -0.3 is 9.84 Å². The number of aromatic nitrogens is 1. The van der Waals surface area contributed by atoms with Crippen molar-refractivity contribution in [2.24, 2.45) is 0 Å². The van der Waals surface area contributed by atoms with Crippen LogP contribution in [0.4, 0.5) is 13.2 Å². The van der Waals surface area contributed by atoms with Crippen molar-refractivity contribution >= 4 is 34.2 Å². The lowest BCUT2D eigenvalue weighted by molar-refractivity contribution is -0.275. The topological polar surface area (TPSA) is 42.4 Å². The van der Waals surface area contributed by atoms with Crippen LogP contribution in [0.1, 0.15) is 0 Å². The number of nitrogens with zero attached hydrogens (tertiary/aromatic N) is 1. The summed E-state index contributed by atoms with van der Waals surface area (Å²) in [6, 6.07) is 0. The van der Waals surface area contributed by atoms with Gasteiger partial charge in [-0.25, -0.2) is 4.98 Å². The molecule has 0 aliphatic carbocycles. The lowest BCUT2D eigenvalue weighted by atomic mass is 10.4. The van der Waals surface area contributed by atoms with Crippen LogP contribution in [-0.4, -0.2) is 16.5 Å². The van der Waals surface area contributed by atoms with Crippen molar-refractivity contribution in [1.82, 2.24) is 4.98 Å².